The van der Waals surface area contributed by atoms with E-state index in [-0.39, 0.29) is 0 Å². The number of ether oxygens (including phenoxy) is 1. The van der Waals surface area contributed by atoms with Gasteiger partial charge in [-0.05, 0) is 12.1 Å². The molecule has 124 valence electrons. The molecule has 1 aliphatic heterocycles. The summed E-state index contributed by atoms with van der Waals surface area (Å²) in [5.41, 5.74) is 1.25. The maximum atomic E-state index is 5.94. The highest BCUT2D eigenvalue weighted by Crippen LogP contribution is 2.20. The van der Waals surface area contributed by atoms with Crippen LogP contribution >= 0.6 is 11.3 Å². The Hall–Kier alpha value is -2.25. The monoisotopic (exact) mass is 341 g/mol. The minimum atomic E-state index is 0.389. The van der Waals surface area contributed by atoms with Gasteiger partial charge in [0.05, 0.1) is 31.4 Å². The van der Waals surface area contributed by atoms with Crippen molar-refractivity contribution in [3.05, 3.63) is 59.3 Å². The second-order valence-electron chi connectivity index (χ2n) is 6.00. The molecule has 3 aromatic heterocycles. The van der Waals surface area contributed by atoms with Crippen molar-refractivity contribution in [3.63, 3.8) is 0 Å². The van der Waals surface area contributed by atoms with E-state index in [0.717, 1.165) is 36.9 Å². The van der Waals surface area contributed by atoms with Gasteiger partial charge < -0.3 is 9.30 Å². The summed E-state index contributed by atoms with van der Waals surface area (Å²) in [6.45, 7) is 4.32. The van der Waals surface area contributed by atoms with Crippen LogP contribution in [0.1, 0.15) is 10.7 Å². The fraction of sp³-hybridized carbons (Fsp3) is 0.353. The third-order valence-electron chi connectivity index (χ3n) is 4.12. The molecule has 7 heteroatoms. The van der Waals surface area contributed by atoms with Crippen LogP contribution in [0.3, 0.4) is 0 Å². The number of hydrogen-bond acceptors (Lipinski definition) is 6. The standard InChI is InChI=1S/C17H19N5OS/c1-2-16(7-18-3-1)23-12-14-8-21(11-17-20-4-5-24-17)10-15-6-19-13-22(15)9-14/h1-7,13-14H,8-12H2/t14-/m0/s1. The summed E-state index contributed by atoms with van der Waals surface area (Å²) in [5, 5.41) is 3.18. The average Bonchev–Trinajstić information content (AvgIpc) is 3.23. The molecule has 0 bridgehead atoms. The Kier molecular flexibility index (Phi) is 4.53. The second-order valence-corrected chi connectivity index (χ2v) is 6.98. The number of pyridine rings is 1. The Morgan fingerprint density at radius 2 is 2.21 bits per heavy atom. The lowest BCUT2D eigenvalue weighted by molar-refractivity contribution is 0.167. The van der Waals surface area contributed by atoms with Gasteiger partial charge in [-0.2, -0.15) is 0 Å². The van der Waals surface area contributed by atoms with Crippen LogP contribution in [0.25, 0.3) is 0 Å². The maximum Gasteiger partial charge on any atom is 0.137 e. The van der Waals surface area contributed by atoms with Gasteiger partial charge in [0, 0.05) is 49.5 Å². The summed E-state index contributed by atoms with van der Waals surface area (Å²) in [7, 11) is 0. The average molecular weight is 341 g/mol. The van der Waals surface area contributed by atoms with Crippen molar-refractivity contribution in [1.29, 1.82) is 0 Å². The molecular formula is C17H19N5OS. The van der Waals surface area contributed by atoms with Gasteiger partial charge in [-0.25, -0.2) is 9.97 Å². The van der Waals surface area contributed by atoms with E-state index < -0.39 is 0 Å². The first-order chi connectivity index (χ1) is 11.9. The Morgan fingerprint density at radius 3 is 3.04 bits per heavy atom. The molecule has 0 amide bonds. The summed E-state index contributed by atoms with van der Waals surface area (Å²) >= 11 is 1.70. The van der Waals surface area contributed by atoms with Crippen molar-refractivity contribution < 1.29 is 4.74 Å². The van der Waals surface area contributed by atoms with Crippen LogP contribution in [0.2, 0.25) is 0 Å². The zero-order valence-corrected chi connectivity index (χ0v) is 14.1. The highest BCUT2D eigenvalue weighted by atomic mass is 32.1. The van der Waals surface area contributed by atoms with Gasteiger partial charge in [-0.1, -0.05) is 0 Å². The van der Waals surface area contributed by atoms with Crippen LogP contribution in [0, 0.1) is 5.92 Å². The van der Waals surface area contributed by atoms with Crippen molar-refractivity contribution in [2.24, 2.45) is 5.92 Å². The molecule has 0 radical (unpaired) electrons. The molecule has 24 heavy (non-hydrogen) atoms. The van der Waals surface area contributed by atoms with Crippen LogP contribution in [-0.4, -0.2) is 37.6 Å². The summed E-state index contributed by atoms with van der Waals surface area (Å²) in [5.74, 6) is 1.21. The van der Waals surface area contributed by atoms with E-state index in [9.17, 15) is 0 Å². The lowest BCUT2D eigenvalue weighted by Gasteiger charge is -2.23. The summed E-state index contributed by atoms with van der Waals surface area (Å²) in [6, 6.07) is 3.84. The van der Waals surface area contributed by atoms with Gasteiger partial charge in [0.2, 0.25) is 0 Å². The van der Waals surface area contributed by atoms with E-state index in [4.69, 9.17) is 4.74 Å². The van der Waals surface area contributed by atoms with Crippen molar-refractivity contribution in [2.75, 3.05) is 13.2 Å². The molecular weight excluding hydrogens is 322 g/mol. The Balaban J connectivity index is 1.46. The quantitative estimate of drug-likeness (QED) is 0.713. The number of aromatic nitrogens is 4. The molecule has 0 unspecified atom stereocenters. The zero-order chi connectivity index (χ0) is 16.2. The zero-order valence-electron chi connectivity index (χ0n) is 13.3. The molecule has 0 aliphatic carbocycles. The molecule has 1 atom stereocenters. The van der Waals surface area contributed by atoms with Gasteiger partial charge in [-0.15, -0.1) is 11.3 Å². The van der Waals surface area contributed by atoms with E-state index in [1.165, 1.54) is 5.69 Å². The molecule has 0 aromatic carbocycles. The minimum Gasteiger partial charge on any atom is -0.492 e. The fourth-order valence-corrected chi connectivity index (χ4v) is 3.69. The number of nitrogens with zero attached hydrogens (tertiary/aromatic N) is 5. The third kappa shape index (κ3) is 3.63. The van der Waals surface area contributed by atoms with Crippen LogP contribution in [0.4, 0.5) is 0 Å². The highest BCUT2D eigenvalue weighted by molar-refractivity contribution is 7.09. The van der Waals surface area contributed by atoms with Crippen LogP contribution in [-0.2, 0) is 19.6 Å². The lowest BCUT2D eigenvalue weighted by atomic mass is 10.1. The van der Waals surface area contributed by atoms with Crippen molar-refractivity contribution in [3.8, 4) is 5.75 Å². The van der Waals surface area contributed by atoms with Gasteiger partial charge in [0.25, 0.3) is 0 Å². The Labute approximate surface area is 144 Å². The smallest absolute Gasteiger partial charge is 0.137 e. The first-order valence-corrected chi connectivity index (χ1v) is 8.87. The molecule has 0 saturated carbocycles. The predicted octanol–water partition coefficient (Wildman–Crippen LogP) is 2.45. The summed E-state index contributed by atoms with van der Waals surface area (Å²) in [6.07, 6.45) is 9.25. The van der Waals surface area contributed by atoms with Crippen LogP contribution < -0.4 is 4.74 Å². The van der Waals surface area contributed by atoms with Gasteiger partial charge >= 0.3 is 0 Å². The van der Waals surface area contributed by atoms with E-state index in [1.54, 1.807) is 23.7 Å². The van der Waals surface area contributed by atoms with Crippen LogP contribution in [0.5, 0.6) is 5.75 Å². The number of rotatable bonds is 5. The highest BCUT2D eigenvalue weighted by Gasteiger charge is 2.23. The minimum absolute atomic E-state index is 0.389. The fourth-order valence-electron chi connectivity index (χ4n) is 3.03. The molecule has 1 aliphatic rings. The van der Waals surface area contributed by atoms with E-state index >= 15 is 0 Å². The maximum absolute atomic E-state index is 5.94. The number of thiazole rings is 1. The SMILES string of the molecule is c1cncc(OC[C@H]2CN(Cc3nccs3)Cc3cncn3C2)c1. The Morgan fingerprint density at radius 1 is 1.21 bits per heavy atom. The van der Waals surface area contributed by atoms with Crippen molar-refractivity contribution >= 4 is 11.3 Å². The number of hydrogen-bond donors (Lipinski definition) is 0. The molecule has 0 fully saturated rings. The van der Waals surface area contributed by atoms with E-state index in [0.29, 0.717) is 12.5 Å². The third-order valence-corrected chi connectivity index (χ3v) is 4.88. The van der Waals surface area contributed by atoms with Gasteiger partial charge in [0.15, 0.2) is 0 Å². The second kappa shape index (κ2) is 7.11. The molecule has 6 nitrogen and oxygen atoms in total. The van der Waals surface area contributed by atoms with Crippen molar-refractivity contribution in [1.82, 2.24) is 24.4 Å². The first-order valence-electron chi connectivity index (χ1n) is 7.99. The van der Waals surface area contributed by atoms with E-state index in [2.05, 4.69) is 24.4 Å². The first kappa shape index (κ1) is 15.3. The molecule has 0 N–H and O–H groups in total. The van der Waals surface area contributed by atoms with E-state index in [1.807, 2.05) is 36.2 Å². The summed E-state index contributed by atoms with van der Waals surface area (Å²) in [4.78, 5) is 15.2. The van der Waals surface area contributed by atoms with Crippen LogP contribution in [0.15, 0.2) is 48.6 Å². The summed E-state index contributed by atoms with van der Waals surface area (Å²) < 4.78 is 8.18. The number of fused-ring (bicyclic) bond motifs is 1. The number of imidazole rings is 1. The lowest BCUT2D eigenvalue weighted by Crippen LogP contribution is -2.30. The molecule has 0 saturated heterocycles. The van der Waals surface area contributed by atoms with Gasteiger partial charge in [0.1, 0.15) is 10.8 Å². The van der Waals surface area contributed by atoms with Gasteiger partial charge in [-0.3, -0.25) is 9.88 Å². The molecule has 4 rings (SSSR count). The Bertz CT molecular complexity index is 758. The molecule has 4 heterocycles. The van der Waals surface area contributed by atoms with Crippen molar-refractivity contribution in [2.45, 2.75) is 19.6 Å². The molecule has 3 aromatic rings. The predicted molar refractivity (Wildman–Crippen MR) is 91.7 cm³/mol. The molecule has 0 spiro atoms. The normalized spacial score (nSPS) is 18.1. The largest absolute Gasteiger partial charge is 0.492 e. The topological polar surface area (TPSA) is 56.1 Å².